The summed E-state index contributed by atoms with van der Waals surface area (Å²) >= 11 is 0. The maximum atomic E-state index is 13.1. The number of Topliss-reactive ketones (excluding diaryl/α,β-unsaturated/α-hetero) is 1. The lowest BCUT2D eigenvalue weighted by atomic mass is 10.0. The van der Waals surface area contributed by atoms with E-state index in [1.807, 2.05) is 37.5 Å². The standard InChI is InChI=1S/C26H32N6O3/c1-32-15-20(14-30-32)19-12-22(25(28)29-13-19)26(34)31-23-6-3-7-24(23)35-16-18-5-2-4-17(10-18)11-21(33)8-9-27/h2,4-5,10,12-15,23-24H,3,6-9,11,16,27H2,1H3,(H2,28,29)(H,31,34)/t23-,24-/m0/s1. The highest BCUT2D eigenvalue weighted by atomic mass is 16.5. The average molecular weight is 477 g/mol. The van der Waals surface area contributed by atoms with E-state index < -0.39 is 0 Å². The van der Waals surface area contributed by atoms with Gasteiger partial charge >= 0.3 is 0 Å². The normalized spacial score (nSPS) is 17.4. The second-order valence-corrected chi connectivity index (χ2v) is 8.99. The lowest BCUT2D eigenvalue weighted by Crippen LogP contribution is -2.41. The first kappa shape index (κ1) is 24.6. The minimum absolute atomic E-state index is 0.0998. The molecule has 1 aliphatic rings. The number of carbonyl (C=O) groups excluding carboxylic acids is 2. The molecule has 0 radical (unpaired) electrons. The van der Waals surface area contributed by atoms with Crippen LogP contribution in [0.3, 0.4) is 0 Å². The predicted octanol–water partition coefficient (Wildman–Crippen LogP) is 2.39. The van der Waals surface area contributed by atoms with Gasteiger partial charge in [-0.3, -0.25) is 14.3 Å². The van der Waals surface area contributed by atoms with E-state index in [1.165, 1.54) is 0 Å². The molecule has 2 heterocycles. The lowest BCUT2D eigenvalue weighted by molar-refractivity contribution is -0.118. The number of benzene rings is 1. The van der Waals surface area contributed by atoms with E-state index in [2.05, 4.69) is 15.4 Å². The van der Waals surface area contributed by atoms with E-state index in [1.54, 1.807) is 23.1 Å². The number of amides is 1. The quantitative estimate of drug-likeness (QED) is 0.408. The molecular weight excluding hydrogens is 444 g/mol. The van der Waals surface area contributed by atoms with E-state index >= 15 is 0 Å². The van der Waals surface area contributed by atoms with Gasteiger partial charge in [-0.25, -0.2) is 4.98 Å². The van der Waals surface area contributed by atoms with Gasteiger partial charge in [0.2, 0.25) is 0 Å². The third-order valence-corrected chi connectivity index (χ3v) is 6.25. The van der Waals surface area contributed by atoms with Crippen molar-refractivity contribution in [1.82, 2.24) is 20.1 Å². The van der Waals surface area contributed by atoms with Crippen LogP contribution in [0.15, 0.2) is 48.9 Å². The van der Waals surface area contributed by atoms with Crippen molar-refractivity contribution in [3.63, 3.8) is 0 Å². The number of rotatable bonds is 10. The van der Waals surface area contributed by atoms with Gasteiger partial charge in [-0.1, -0.05) is 24.3 Å². The van der Waals surface area contributed by atoms with Crippen LogP contribution in [0.1, 0.15) is 47.2 Å². The maximum Gasteiger partial charge on any atom is 0.255 e. The van der Waals surface area contributed by atoms with Crippen LogP contribution in [0.4, 0.5) is 5.82 Å². The van der Waals surface area contributed by atoms with Crippen LogP contribution < -0.4 is 16.8 Å². The molecule has 4 rings (SSSR count). The Hall–Kier alpha value is -3.56. The van der Waals surface area contributed by atoms with Crippen molar-refractivity contribution in [3.8, 4) is 11.1 Å². The molecule has 184 valence electrons. The Bertz CT molecular complexity index is 1190. The summed E-state index contributed by atoms with van der Waals surface area (Å²) in [6, 6.07) is 9.48. The van der Waals surface area contributed by atoms with Gasteiger partial charge in [-0.15, -0.1) is 0 Å². The molecular formula is C26H32N6O3. The van der Waals surface area contributed by atoms with Crippen LogP contribution in [-0.2, 0) is 29.6 Å². The van der Waals surface area contributed by atoms with Crippen molar-refractivity contribution in [2.45, 2.75) is 50.9 Å². The molecule has 1 fully saturated rings. The fourth-order valence-electron chi connectivity index (χ4n) is 4.43. The van der Waals surface area contributed by atoms with Crippen molar-refractivity contribution in [3.05, 3.63) is 65.6 Å². The molecule has 2 aromatic heterocycles. The summed E-state index contributed by atoms with van der Waals surface area (Å²) in [5.74, 6) is 0.0544. The van der Waals surface area contributed by atoms with Crippen LogP contribution >= 0.6 is 0 Å². The first-order chi connectivity index (χ1) is 16.9. The number of aryl methyl sites for hydroxylation is 1. The molecule has 0 saturated heterocycles. The number of aromatic nitrogens is 3. The zero-order valence-electron chi connectivity index (χ0n) is 19.9. The van der Waals surface area contributed by atoms with Crippen molar-refractivity contribution in [1.29, 1.82) is 0 Å². The monoisotopic (exact) mass is 476 g/mol. The number of ketones is 1. The minimum atomic E-state index is -0.262. The number of nitrogens with one attached hydrogen (secondary N) is 1. The second-order valence-electron chi connectivity index (χ2n) is 8.99. The highest BCUT2D eigenvalue weighted by Crippen LogP contribution is 2.26. The van der Waals surface area contributed by atoms with E-state index in [9.17, 15) is 9.59 Å². The number of hydrogen-bond acceptors (Lipinski definition) is 7. The van der Waals surface area contributed by atoms with Crippen molar-refractivity contribution in [2.24, 2.45) is 12.8 Å². The largest absolute Gasteiger partial charge is 0.383 e. The van der Waals surface area contributed by atoms with Gasteiger partial charge in [0.1, 0.15) is 11.6 Å². The van der Waals surface area contributed by atoms with Crippen LogP contribution in [0.5, 0.6) is 0 Å². The molecule has 9 heteroatoms. The Morgan fingerprint density at radius 2 is 2.00 bits per heavy atom. The van der Waals surface area contributed by atoms with Gasteiger partial charge in [-0.2, -0.15) is 5.10 Å². The summed E-state index contributed by atoms with van der Waals surface area (Å²) in [5, 5.41) is 7.27. The average Bonchev–Trinajstić information content (AvgIpc) is 3.47. The molecule has 0 bridgehead atoms. The van der Waals surface area contributed by atoms with Gasteiger partial charge in [0.15, 0.2) is 0 Å². The molecule has 9 nitrogen and oxygen atoms in total. The number of anilines is 1. The molecule has 5 N–H and O–H groups in total. The molecule has 1 amide bonds. The second kappa shape index (κ2) is 11.2. The van der Waals surface area contributed by atoms with Gasteiger partial charge < -0.3 is 21.5 Å². The van der Waals surface area contributed by atoms with Crippen molar-refractivity contribution >= 4 is 17.5 Å². The highest BCUT2D eigenvalue weighted by Gasteiger charge is 2.30. The summed E-state index contributed by atoms with van der Waals surface area (Å²) in [7, 11) is 1.83. The van der Waals surface area contributed by atoms with E-state index in [-0.39, 0.29) is 29.7 Å². The molecule has 0 unspecified atom stereocenters. The third kappa shape index (κ3) is 6.32. The first-order valence-electron chi connectivity index (χ1n) is 11.9. The van der Waals surface area contributed by atoms with E-state index in [0.29, 0.717) is 31.6 Å². The van der Waals surface area contributed by atoms with Gasteiger partial charge in [0, 0.05) is 43.4 Å². The maximum absolute atomic E-state index is 13.1. The Labute approximate surface area is 204 Å². The smallest absolute Gasteiger partial charge is 0.255 e. The van der Waals surface area contributed by atoms with Crippen LogP contribution in [0.25, 0.3) is 11.1 Å². The fraction of sp³-hybridized carbons (Fsp3) is 0.385. The molecule has 3 aromatic rings. The number of nitrogens with zero attached hydrogens (tertiary/aromatic N) is 3. The molecule has 2 atom stereocenters. The molecule has 35 heavy (non-hydrogen) atoms. The number of nitrogens with two attached hydrogens (primary N) is 2. The zero-order valence-corrected chi connectivity index (χ0v) is 19.9. The van der Waals surface area contributed by atoms with E-state index in [0.717, 1.165) is 41.5 Å². The van der Waals surface area contributed by atoms with Crippen LogP contribution in [-0.4, -0.2) is 45.1 Å². The molecule has 1 aromatic carbocycles. The highest BCUT2D eigenvalue weighted by molar-refractivity contribution is 5.99. The Balaban J connectivity index is 1.37. The summed E-state index contributed by atoms with van der Waals surface area (Å²) in [6.45, 7) is 0.780. The molecule has 0 aliphatic heterocycles. The summed E-state index contributed by atoms with van der Waals surface area (Å²) < 4.78 is 7.89. The summed E-state index contributed by atoms with van der Waals surface area (Å²) in [4.78, 5) is 29.2. The number of pyridine rings is 1. The van der Waals surface area contributed by atoms with Gasteiger partial charge in [-0.05, 0) is 43.0 Å². The Morgan fingerprint density at radius 1 is 1.17 bits per heavy atom. The molecule has 0 spiro atoms. The van der Waals surface area contributed by atoms with Crippen LogP contribution in [0, 0.1) is 0 Å². The van der Waals surface area contributed by atoms with Crippen molar-refractivity contribution < 1.29 is 14.3 Å². The SMILES string of the molecule is Cn1cc(-c2cnc(N)c(C(=O)N[C@H]3CCC[C@@H]3OCc3cccc(CC(=O)CCN)c3)c2)cn1. The molecule has 1 aliphatic carbocycles. The Kier molecular flexibility index (Phi) is 7.89. The van der Waals surface area contributed by atoms with Gasteiger partial charge in [0.05, 0.1) is 30.5 Å². The van der Waals surface area contributed by atoms with Crippen LogP contribution in [0.2, 0.25) is 0 Å². The number of hydrogen-bond donors (Lipinski definition) is 3. The first-order valence-corrected chi connectivity index (χ1v) is 11.9. The van der Waals surface area contributed by atoms with E-state index in [4.69, 9.17) is 16.2 Å². The third-order valence-electron chi connectivity index (χ3n) is 6.25. The number of nitrogen functional groups attached to an aromatic ring is 1. The summed E-state index contributed by atoms with van der Waals surface area (Å²) in [6.07, 6.45) is 8.54. The predicted molar refractivity (Wildman–Crippen MR) is 133 cm³/mol. The Morgan fingerprint density at radius 3 is 2.77 bits per heavy atom. The zero-order chi connectivity index (χ0) is 24.8. The molecule has 1 saturated carbocycles. The summed E-state index contributed by atoms with van der Waals surface area (Å²) in [5.41, 5.74) is 15.4. The fourth-order valence-corrected chi connectivity index (χ4v) is 4.43. The number of ether oxygens (including phenoxy) is 1. The number of carbonyl (C=O) groups is 2. The lowest BCUT2D eigenvalue weighted by Gasteiger charge is -2.22. The minimum Gasteiger partial charge on any atom is -0.383 e. The topological polar surface area (TPSA) is 138 Å². The van der Waals surface area contributed by atoms with Gasteiger partial charge in [0.25, 0.3) is 5.91 Å². The van der Waals surface area contributed by atoms with Crippen molar-refractivity contribution in [2.75, 3.05) is 12.3 Å².